The molecule has 8 heteroatoms. The van der Waals surface area contributed by atoms with E-state index in [2.05, 4.69) is 0 Å². The number of hydrogen-bond donors (Lipinski definition) is 1. The molecule has 0 bridgehead atoms. The molecular formula is C14H19NO6S. The summed E-state index contributed by atoms with van der Waals surface area (Å²) in [4.78, 5) is 10.9. The lowest BCUT2D eigenvalue weighted by atomic mass is 10.2. The standard InChI is InChI=1S/C14H19NO6S/c16-14(17)13-10-15(6-7-21-13)22(18,19)9-8-20-11-12-4-2-1-3-5-12/h1-5,13H,6-11H2,(H,16,17). The van der Waals surface area contributed by atoms with E-state index >= 15 is 0 Å². The Morgan fingerprint density at radius 1 is 1.36 bits per heavy atom. The molecule has 1 aromatic rings. The zero-order valence-corrected chi connectivity index (χ0v) is 12.9. The molecule has 1 unspecified atom stereocenters. The van der Waals surface area contributed by atoms with Crippen LogP contribution in [0.15, 0.2) is 30.3 Å². The number of ether oxygens (including phenoxy) is 2. The molecule has 1 saturated heterocycles. The average molecular weight is 329 g/mol. The van der Waals surface area contributed by atoms with Crippen molar-refractivity contribution in [3.8, 4) is 0 Å². The second-order valence-electron chi connectivity index (χ2n) is 4.91. The number of sulfonamides is 1. The lowest BCUT2D eigenvalue weighted by Crippen LogP contribution is -2.49. The van der Waals surface area contributed by atoms with E-state index in [0.717, 1.165) is 9.87 Å². The summed E-state index contributed by atoms with van der Waals surface area (Å²) in [5.74, 6) is -1.33. The third-order valence-corrected chi connectivity index (χ3v) is 5.10. The largest absolute Gasteiger partial charge is 0.479 e. The van der Waals surface area contributed by atoms with Crippen LogP contribution < -0.4 is 0 Å². The first kappa shape index (κ1) is 16.9. The van der Waals surface area contributed by atoms with Crippen molar-refractivity contribution < 1.29 is 27.8 Å². The van der Waals surface area contributed by atoms with E-state index in [9.17, 15) is 13.2 Å². The van der Waals surface area contributed by atoms with E-state index in [1.165, 1.54) is 0 Å². The van der Waals surface area contributed by atoms with Gasteiger partial charge in [0, 0.05) is 6.54 Å². The fraction of sp³-hybridized carbons (Fsp3) is 0.500. The van der Waals surface area contributed by atoms with Gasteiger partial charge in [0.1, 0.15) is 0 Å². The first-order valence-corrected chi connectivity index (χ1v) is 8.54. The Kier molecular flexibility index (Phi) is 5.90. The Balaban J connectivity index is 1.79. The minimum Gasteiger partial charge on any atom is -0.479 e. The molecule has 0 aromatic heterocycles. The van der Waals surface area contributed by atoms with Gasteiger partial charge in [0.2, 0.25) is 10.0 Å². The summed E-state index contributed by atoms with van der Waals surface area (Å²) in [5, 5.41) is 8.89. The zero-order valence-electron chi connectivity index (χ0n) is 12.1. The highest BCUT2D eigenvalue weighted by Gasteiger charge is 2.32. The Labute approximate surface area is 129 Å². The number of carboxylic acid groups (broad SMARTS) is 1. The van der Waals surface area contributed by atoms with Crippen LogP contribution in [-0.4, -0.2) is 62.0 Å². The number of hydrogen-bond acceptors (Lipinski definition) is 5. The van der Waals surface area contributed by atoms with Crippen LogP contribution in [0.25, 0.3) is 0 Å². The Hall–Kier alpha value is -1.48. The molecule has 1 aliphatic heterocycles. The molecule has 0 saturated carbocycles. The highest BCUT2D eigenvalue weighted by Crippen LogP contribution is 2.11. The van der Waals surface area contributed by atoms with Crippen molar-refractivity contribution in [1.82, 2.24) is 4.31 Å². The van der Waals surface area contributed by atoms with Crippen molar-refractivity contribution in [2.24, 2.45) is 0 Å². The first-order valence-electron chi connectivity index (χ1n) is 6.93. The minimum atomic E-state index is -3.54. The maximum Gasteiger partial charge on any atom is 0.334 e. The summed E-state index contributed by atoms with van der Waals surface area (Å²) >= 11 is 0. The Bertz CT molecular complexity index is 589. The molecule has 122 valence electrons. The molecule has 0 spiro atoms. The van der Waals surface area contributed by atoms with E-state index in [4.69, 9.17) is 14.6 Å². The van der Waals surface area contributed by atoms with Crippen LogP contribution in [0.1, 0.15) is 5.56 Å². The lowest BCUT2D eigenvalue weighted by Gasteiger charge is -2.29. The average Bonchev–Trinajstić information content (AvgIpc) is 2.53. The summed E-state index contributed by atoms with van der Waals surface area (Å²) in [6.45, 7) is 0.506. The summed E-state index contributed by atoms with van der Waals surface area (Å²) in [6.07, 6.45) is -1.10. The van der Waals surface area contributed by atoms with Gasteiger partial charge in [-0.15, -0.1) is 0 Å². The van der Waals surface area contributed by atoms with E-state index in [0.29, 0.717) is 6.61 Å². The van der Waals surface area contributed by atoms with Gasteiger partial charge in [-0.3, -0.25) is 0 Å². The predicted molar refractivity (Wildman–Crippen MR) is 78.8 cm³/mol. The third kappa shape index (κ3) is 4.77. The second-order valence-corrected chi connectivity index (χ2v) is 7.00. The maximum absolute atomic E-state index is 12.2. The van der Waals surface area contributed by atoms with Crippen LogP contribution in [0.4, 0.5) is 0 Å². The fourth-order valence-corrected chi connectivity index (χ4v) is 3.39. The molecule has 22 heavy (non-hydrogen) atoms. The van der Waals surface area contributed by atoms with Gasteiger partial charge in [-0.1, -0.05) is 30.3 Å². The summed E-state index contributed by atoms with van der Waals surface area (Å²) in [7, 11) is -3.54. The molecule has 0 aliphatic carbocycles. The molecule has 1 aliphatic rings. The van der Waals surface area contributed by atoms with Crippen LogP contribution in [0.3, 0.4) is 0 Å². The highest BCUT2D eigenvalue weighted by molar-refractivity contribution is 7.89. The SMILES string of the molecule is O=C(O)C1CN(S(=O)(=O)CCOCc2ccccc2)CCO1. The Morgan fingerprint density at radius 2 is 2.09 bits per heavy atom. The van der Waals surface area contributed by atoms with Crippen molar-refractivity contribution in [2.75, 3.05) is 32.1 Å². The van der Waals surface area contributed by atoms with Gasteiger partial charge in [-0.05, 0) is 5.56 Å². The van der Waals surface area contributed by atoms with Gasteiger partial charge >= 0.3 is 5.97 Å². The van der Waals surface area contributed by atoms with Crippen molar-refractivity contribution in [1.29, 1.82) is 0 Å². The van der Waals surface area contributed by atoms with Gasteiger partial charge in [0.05, 0.1) is 32.1 Å². The fourth-order valence-electron chi connectivity index (χ4n) is 2.09. The van der Waals surface area contributed by atoms with Crippen molar-refractivity contribution in [2.45, 2.75) is 12.7 Å². The molecular weight excluding hydrogens is 310 g/mol. The van der Waals surface area contributed by atoms with Gasteiger partial charge in [0.25, 0.3) is 0 Å². The van der Waals surface area contributed by atoms with Crippen molar-refractivity contribution >= 4 is 16.0 Å². The minimum absolute atomic E-state index is 0.0618. The van der Waals surface area contributed by atoms with Gasteiger partial charge < -0.3 is 14.6 Å². The van der Waals surface area contributed by atoms with Crippen molar-refractivity contribution in [3.05, 3.63) is 35.9 Å². The molecule has 1 heterocycles. The molecule has 0 amide bonds. The molecule has 1 N–H and O–H groups in total. The number of nitrogens with zero attached hydrogens (tertiary/aromatic N) is 1. The summed E-state index contributed by atoms with van der Waals surface area (Å²) in [5.41, 5.74) is 0.970. The van der Waals surface area contributed by atoms with Gasteiger partial charge in [-0.2, -0.15) is 4.31 Å². The zero-order chi connectivity index (χ0) is 16.0. The number of morpholine rings is 1. The van der Waals surface area contributed by atoms with E-state index in [1.54, 1.807) is 0 Å². The monoisotopic (exact) mass is 329 g/mol. The van der Waals surface area contributed by atoms with E-state index in [1.807, 2.05) is 30.3 Å². The molecule has 7 nitrogen and oxygen atoms in total. The van der Waals surface area contributed by atoms with Crippen LogP contribution in [0.2, 0.25) is 0 Å². The maximum atomic E-state index is 12.2. The summed E-state index contributed by atoms with van der Waals surface area (Å²) in [6, 6.07) is 9.46. The number of carboxylic acids is 1. The number of carbonyl (C=O) groups is 1. The van der Waals surface area contributed by atoms with E-state index < -0.39 is 22.1 Å². The molecule has 1 aromatic carbocycles. The van der Waals surface area contributed by atoms with Gasteiger partial charge in [-0.25, -0.2) is 13.2 Å². The lowest BCUT2D eigenvalue weighted by molar-refractivity contribution is -0.153. The first-order chi connectivity index (χ1) is 10.5. The van der Waals surface area contributed by atoms with Crippen molar-refractivity contribution in [3.63, 3.8) is 0 Å². The van der Waals surface area contributed by atoms with Crippen LogP contribution in [0, 0.1) is 0 Å². The second kappa shape index (κ2) is 7.68. The quantitative estimate of drug-likeness (QED) is 0.724. The van der Waals surface area contributed by atoms with Crippen LogP contribution in [0.5, 0.6) is 0 Å². The Morgan fingerprint density at radius 3 is 2.77 bits per heavy atom. The summed E-state index contributed by atoms with van der Waals surface area (Å²) < 4.78 is 35.9. The van der Waals surface area contributed by atoms with Crippen LogP contribution in [-0.2, 0) is 30.9 Å². The molecule has 1 fully saturated rings. The predicted octanol–water partition coefficient (Wildman–Crippen LogP) is 0.318. The highest BCUT2D eigenvalue weighted by atomic mass is 32.2. The van der Waals surface area contributed by atoms with Crippen LogP contribution >= 0.6 is 0 Å². The van der Waals surface area contributed by atoms with E-state index in [-0.39, 0.29) is 32.1 Å². The molecule has 1 atom stereocenters. The molecule has 0 radical (unpaired) electrons. The number of benzene rings is 1. The topological polar surface area (TPSA) is 93.1 Å². The number of rotatable bonds is 7. The normalized spacial score (nSPS) is 19.9. The smallest absolute Gasteiger partial charge is 0.334 e. The third-order valence-electron chi connectivity index (χ3n) is 3.30. The number of aliphatic carboxylic acids is 1. The van der Waals surface area contributed by atoms with Gasteiger partial charge in [0.15, 0.2) is 6.10 Å². The molecule has 2 rings (SSSR count).